The zero-order chi connectivity index (χ0) is 19.0. The highest BCUT2D eigenvalue weighted by atomic mass is 19.4. The standard InChI is InChI=1S/C17H20F3NO4/c1-15(2,3)25-14(24)21-10-4-9-16(21,13(22)23)11-5-7-12(8-6-11)17(18,19)20/h5-8H,4,9-10H2,1-3H3,(H,22,23). The van der Waals surface area contributed by atoms with E-state index in [0.717, 1.165) is 29.2 Å². The number of carboxylic acids is 1. The average Bonchev–Trinajstić information content (AvgIpc) is 2.90. The van der Waals surface area contributed by atoms with Crippen molar-refractivity contribution in [2.45, 2.75) is 50.9 Å². The molecule has 2 rings (SSSR count). The molecule has 1 amide bonds. The van der Waals surface area contributed by atoms with Crippen molar-refractivity contribution in [1.82, 2.24) is 4.90 Å². The lowest BCUT2D eigenvalue weighted by atomic mass is 9.87. The number of hydrogen-bond donors (Lipinski definition) is 1. The van der Waals surface area contributed by atoms with Gasteiger partial charge >= 0.3 is 18.2 Å². The Balaban J connectivity index is 2.44. The predicted molar refractivity (Wildman–Crippen MR) is 82.9 cm³/mol. The van der Waals surface area contributed by atoms with Gasteiger partial charge in [0.05, 0.1) is 5.56 Å². The Morgan fingerprint density at radius 3 is 2.16 bits per heavy atom. The lowest BCUT2D eigenvalue weighted by Crippen LogP contribution is -2.52. The Hall–Kier alpha value is -2.25. The number of likely N-dealkylation sites (tertiary alicyclic amines) is 1. The van der Waals surface area contributed by atoms with Gasteiger partial charge in [-0.1, -0.05) is 12.1 Å². The van der Waals surface area contributed by atoms with Crippen LogP contribution in [-0.4, -0.2) is 34.2 Å². The van der Waals surface area contributed by atoms with E-state index >= 15 is 0 Å². The first-order chi connectivity index (χ1) is 11.4. The van der Waals surface area contributed by atoms with E-state index in [9.17, 15) is 27.9 Å². The normalized spacial score (nSPS) is 21.3. The van der Waals surface area contributed by atoms with Gasteiger partial charge in [0.1, 0.15) is 5.60 Å². The van der Waals surface area contributed by atoms with Gasteiger partial charge in [-0.05, 0) is 51.3 Å². The number of ether oxygens (including phenoxy) is 1. The van der Waals surface area contributed by atoms with Gasteiger partial charge in [0.15, 0.2) is 5.54 Å². The maximum absolute atomic E-state index is 12.7. The lowest BCUT2D eigenvalue weighted by molar-refractivity contribution is -0.150. The summed E-state index contributed by atoms with van der Waals surface area (Å²) in [5.74, 6) is -1.30. The molecule has 138 valence electrons. The van der Waals surface area contributed by atoms with E-state index in [1.165, 1.54) is 0 Å². The topological polar surface area (TPSA) is 66.8 Å². The van der Waals surface area contributed by atoms with Crippen LogP contribution >= 0.6 is 0 Å². The predicted octanol–water partition coefficient (Wildman–Crippen LogP) is 4.02. The first-order valence-corrected chi connectivity index (χ1v) is 7.80. The monoisotopic (exact) mass is 359 g/mol. The number of amides is 1. The molecule has 25 heavy (non-hydrogen) atoms. The van der Waals surface area contributed by atoms with Crippen LogP contribution in [0.3, 0.4) is 0 Å². The van der Waals surface area contributed by atoms with E-state index in [1.54, 1.807) is 20.8 Å². The maximum atomic E-state index is 12.7. The van der Waals surface area contributed by atoms with Gasteiger partial charge in [-0.3, -0.25) is 4.90 Å². The minimum Gasteiger partial charge on any atom is -0.479 e. The number of hydrogen-bond acceptors (Lipinski definition) is 3. The Bertz CT molecular complexity index is 664. The van der Waals surface area contributed by atoms with Crippen molar-refractivity contribution in [3.8, 4) is 0 Å². The summed E-state index contributed by atoms with van der Waals surface area (Å²) >= 11 is 0. The highest BCUT2D eigenvalue weighted by Crippen LogP contribution is 2.41. The molecule has 8 heteroatoms. The number of carbonyl (C=O) groups excluding carboxylic acids is 1. The molecule has 0 spiro atoms. The highest BCUT2D eigenvalue weighted by molar-refractivity contribution is 5.86. The summed E-state index contributed by atoms with van der Waals surface area (Å²) in [5.41, 5.74) is -3.30. The molecule has 0 saturated carbocycles. The van der Waals surface area contributed by atoms with Crippen molar-refractivity contribution >= 4 is 12.1 Å². The van der Waals surface area contributed by atoms with Crippen LogP contribution in [0.5, 0.6) is 0 Å². The van der Waals surface area contributed by atoms with E-state index in [1.807, 2.05) is 0 Å². The second-order valence-electron chi connectivity index (χ2n) is 6.98. The quantitative estimate of drug-likeness (QED) is 0.866. The number of aliphatic carboxylic acids is 1. The van der Waals surface area contributed by atoms with Gasteiger partial charge in [0.25, 0.3) is 0 Å². The van der Waals surface area contributed by atoms with Gasteiger partial charge < -0.3 is 9.84 Å². The molecule has 1 unspecified atom stereocenters. The molecule has 0 aromatic heterocycles. The third-order valence-corrected chi connectivity index (χ3v) is 4.04. The first kappa shape index (κ1) is 19.1. The third kappa shape index (κ3) is 3.72. The van der Waals surface area contributed by atoms with Crippen LogP contribution in [-0.2, 0) is 21.2 Å². The largest absolute Gasteiger partial charge is 0.479 e. The first-order valence-electron chi connectivity index (χ1n) is 7.80. The highest BCUT2D eigenvalue weighted by Gasteiger charge is 2.52. The van der Waals surface area contributed by atoms with Crippen molar-refractivity contribution < 1.29 is 32.6 Å². The van der Waals surface area contributed by atoms with Crippen molar-refractivity contribution in [3.05, 3.63) is 35.4 Å². The molecule has 1 saturated heterocycles. The minimum atomic E-state index is -4.52. The number of carboxylic acid groups (broad SMARTS) is 1. The summed E-state index contributed by atoms with van der Waals surface area (Å²) in [6.45, 7) is 5.12. The van der Waals surface area contributed by atoms with E-state index in [0.29, 0.717) is 6.42 Å². The van der Waals surface area contributed by atoms with Gasteiger partial charge in [-0.15, -0.1) is 0 Å². The van der Waals surface area contributed by atoms with E-state index in [2.05, 4.69) is 0 Å². The van der Waals surface area contributed by atoms with E-state index in [4.69, 9.17) is 4.74 Å². The molecule has 0 aliphatic carbocycles. The Kier molecular flexibility index (Phi) is 4.76. The summed E-state index contributed by atoms with van der Waals surface area (Å²) in [6.07, 6.45) is -4.80. The van der Waals surface area contributed by atoms with Crippen LogP contribution in [0.2, 0.25) is 0 Å². The van der Waals surface area contributed by atoms with Crippen LogP contribution in [0.15, 0.2) is 24.3 Å². The fraction of sp³-hybridized carbons (Fsp3) is 0.529. The summed E-state index contributed by atoms with van der Waals surface area (Å²) in [7, 11) is 0. The summed E-state index contributed by atoms with van der Waals surface area (Å²) in [5, 5.41) is 9.79. The number of benzene rings is 1. The number of rotatable bonds is 2. The molecule has 1 aromatic rings. The average molecular weight is 359 g/mol. The molecule has 0 bridgehead atoms. The molecule has 1 atom stereocenters. The molecule has 1 N–H and O–H groups in total. The van der Waals surface area contributed by atoms with Crippen LogP contribution in [0.4, 0.5) is 18.0 Å². The smallest absolute Gasteiger partial charge is 0.416 e. The SMILES string of the molecule is CC(C)(C)OC(=O)N1CCCC1(C(=O)O)c1ccc(C(F)(F)F)cc1. The van der Waals surface area contributed by atoms with Gasteiger partial charge in [0.2, 0.25) is 0 Å². The van der Waals surface area contributed by atoms with Crippen LogP contribution in [0.1, 0.15) is 44.7 Å². The number of halogens is 3. The van der Waals surface area contributed by atoms with Crippen LogP contribution in [0.25, 0.3) is 0 Å². The fourth-order valence-corrected chi connectivity index (χ4v) is 2.96. The number of alkyl halides is 3. The second kappa shape index (κ2) is 6.24. The molecule has 5 nitrogen and oxygen atoms in total. The van der Waals surface area contributed by atoms with Crippen LogP contribution < -0.4 is 0 Å². The van der Waals surface area contributed by atoms with Gasteiger partial charge in [0, 0.05) is 6.54 Å². The van der Waals surface area contributed by atoms with E-state index in [-0.39, 0.29) is 18.5 Å². The Labute approximate surface area is 143 Å². The third-order valence-electron chi connectivity index (χ3n) is 4.04. The summed E-state index contributed by atoms with van der Waals surface area (Å²) in [4.78, 5) is 25.5. The fourth-order valence-electron chi connectivity index (χ4n) is 2.96. The Morgan fingerprint density at radius 1 is 1.16 bits per heavy atom. The molecule has 1 aromatic carbocycles. The van der Waals surface area contributed by atoms with Crippen molar-refractivity contribution in [2.75, 3.05) is 6.54 Å². The van der Waals surface area contributed by atoms with Gasteiger partial charge in [-0.2, -0.15) is 13.2 Å². The number of carbonyl (C=O) groups is 2. The second-order valence-corrected chi connectivity index (χ2v) is 6.98. The minimum absolute atomic E-state index is 0.104. The molecule has 1 aliphatic heterocycles. The zero-order valence-electron chi connectivity index (χ0n) is 14.2. The van der Waals surface area contributed by atoms with Crippen molar-refractivity contribution in [3.63, 3.8) is 0 Å². The molecule has 1 heterocycles. The lowest BCUT2D eigenvalue weighted by Gasteiger charge is -2.36. The summed E-state index contributed by atoms with van der Waals surface area (Å²) in [6, 6.07) is 3.87. The molecular formula is C17H20F3NO4. The van der Waals surface area contributed by atoms with Crippen LogP contribution in [0, 0.1) is 0 Å². The van der Waals surface area contributed by atoms with Crippen molar-refractivity contribution in [2.24, 2.45) is 0 Å². The summed E-state index contributed by atoms with van der Waals surface area (Å²) < 4.78 is 43.5. The molecule has 1 fully saturated rings. The molecule has 1 aliphatic rings. The van der Waals surface area contributed by atoms with E-state index < -0.39 is 34.9 Å². The number of nitrogens with zero attached hydrogens (tertiary/aromatic N) is 1. The van der Waals surface area contributed by atoms with Crippen molar-refractivity contribution in [1.29, 1.82) is 0 Å². The Morgan fingerprint density at radius 2 is 1.72 bits per heavy atom. The maximum Gasteiger partial charge on any atom is 0.416 e. The molecule has 0 radical (unpaired) electrons. The zero-order valence-corrected chi connectivity index (χ0v) is 14.2. The molecular weight excluding hydrogens is 339 g/mol. The van der Waals surface area contributed by atoms with Gasteiger partial charge in [-0.25, -0.2) is 9.59 Å².